The lowest BCUT2D eigenvalue weighted by molar-refractivity contribution is 0.661. The molecule has 59 heavy (non-hydrogen) atoms. The molecule has 0 heterocycles. The summed E-state index contributed by atoms with van der Waals surface area (Å²) in [6.45, 7) is 4.70. The average molecular weight is 755 g/mol. The number of fused-ring (bicyclic) bond motifs is 6. The first-order chi connectivity index (χ1) is 28.9. The monoisotopic (exact) mass is 754 g/mol. The highest BCUT2D eigenvalue weighted by atomic mass is 14.7. The number of allylic oxidation sites excluding steroid dienone is 1. The molecule has 0 aromatic heterocycles. The maximum atomic E-state index is 9.07. The molecule has 0 fully saturated rings. The van der Waals surface area contributed by atoms with Crippen LogP contribution < -0.4 is 0 Å². The molecule has 0 atom stereocenters. The molecule has 0 saturated heterocycles. The minimum Gasteiger partial charge on any atom is -0.300 e. The zero-order valence-electron chi connectivity index (χ0n) is 33.2. The van der Waals surface area contributed by atoms with Gasteiger partial charge in [-0.3, -0.25) is 4.99 Å². The highest BCUT2D eigenvalue weighted by Crippen LogP contribution is 2.52. The number of hydrogen-bond acceptors (Lipinski definition) is 2. The van der Waals surface area contributed by atoms with Gasteiger partial charge in [0.15, 0.2) is 0 Å². The third kappa shape index (κ3) is 6.49. The highest BCUT2D eigenvalue weighted by molar-refractivity contribution is 6.12. The van der Waals surface area contributed by atoms with E-state index in [0.717, 1.165) is 44.3 Å². The number of benzene rings is 9. The fourth-order valence-corrected chi connectivity index (χ4v) is 8.99. The summed E-state index contributed by atoms with van der Waals surface area (Å²) in [6, 6.07) is 70.9. The molecule has 9 aromatic carbocycles. The molecule has 1 N–H and O–H groups in total. The Morgan fingerprint density at radius 3 is 1.95 bits per heavy atom. The summed E-state index contributed by atoms with van der Waals surface area (Å²) in [5.74, 6) is 0. The van der Waals surface area contributed by atoms with E-state index in [-0.39, 0.29) is 5.41 Å². The van der Waals surface area contributed by atoms with Crippen molar-refractivity contribution in [1.29, 1.82) is 5.41 Å². The van der Waals surface area contributed by atoms with E-state index in [1.807, 2.05) is 54.8 Å². The number of aliphatic imine (C=N–C) groups is 1. The van der Waals surface area contributed by atoms with E-state index in [1.54, 1.807) is 0 Å². The van der Waals surface area contributed by atoms with Crippen molar-refractivity contribution in [3.05, 3.63) is 234 Å². The lowest BCUT2D eigenvalue weighted by Crippen LogP contribution is -2.14. The van der Waals surface area contributed by atoms with Crippen LogP contribution in [-0.4, -0.2) is 11.9 Å². The minimum absolute atomic E-state index is 0.0650. The van der Waals surface area contributed by atoms with Gasteiger partial charge < -0.3 is 5.41 Å². The Labute approximate surface area is 346 Å². The van der Waals surface area contributed by atoms with Crippen LogP contribution in [0.1, 0.15) is 41.7 Å². The molecule has 0 spiro atoms. The lowest BCUT2D eigenvalue weighted by Gasteiger charge is -2.21. The standard InChI is InChI=1S/C57H42N2/c1-57(2)52-32-30-42(35-51(52)56-48-25-10-9-18-39(48)29-33-53(56)57)41-21-15-22-43(34-41)47-31-28-44(46-24-11-13-26-49(46)47)37-59-55(36-54(58)40-19-7-4-8-20-40)50-27-14-12-23-45(50)38-16-5-3-6-17-38/h3-37,58H,1-2H3/b55-36-,58-54?,59-37?. The third-order valence-electron chi connectivity index (χ3n) is 12.0. The normalized spacial score (nSPS) is 13.2. The molecule has 1 aliphatic carbocycles. The molecule has 0 bridgehead atoms. The summed E-state index contributed by atoms with van der Waals surface area (Å²) in [5.41, 5.74) is 16.3. The maximum Gasteiger partial charge on any atom is 0.0729 e. The van der Waals surface area contributed by atoms with Crippen LogP contribution in [0.25, 0.3) is 71.7 Å². The van der Waals surface area contributed by atoms with Crippen LogP contribution in [0.2, 0.25) is 0 Å². The SMILES string of the molecule is CC1(C)c2ccc(-c3cccc(-c4ccc(C=N/C(=C\C(=N)c5ccccc5)c5ccccc5-c5ccccc5)c5ccccc45)c3)cc2-c2c1ccc1ccccc21. The van der Waals surface area contributed by atoms with E-state index in [0.29, 0.717) is 5.71 Å². The molecule has 2 heteroatoms. The zero-order chi connectivity index (χ0) is 39.9. The van der Waals surface area contributed by atoms with Gasteiger partial charge in [0, 0.05) is 22.8 Å². The van der Waals surface area contributed by atoms with Gasteiger partial charge in [-0.25, -0.2) is 0 Å². The second-order valence-corrected chi connectivity index (χ2v) is 15.9. The molecule has 10 rings (SSSR count). The van der Waals surface area contributed by atoms with Crippen molar-refractivity contribution in [2.75, 3.05) is 0 Å². The van der Waals surface area contributed by atoms with Crippen molar-refractivity contribution < 1.29 is 0 Å². The van der Waals surface area contributed by atoms with E-state index in [1.165, 1.54) is 55.3 Å². The zero-order valence-corrected chi connectivity index (χ0v) is 33.2. The Balaban J connectivity index is 1.04. The van der Waals surface area contributed by atoms with Crippen molar-refractivity contribution >= 4 is 39.2 Å². The van der Waals surface area contributed by atoms with Crippen LogP contribution in [0.15, 0.2) is 211 Å². The fourth-order valence-electron chi connectivity index (χ4n) is 8.99. The fraction of sp³-hybridized carbons (Fsp3) is 0.0526. The van der Waals surface area contributed by atoms with Crippen molar-refractivity contribution in [3.8, 4) is 44.5 Å². The van der Waals surface area contributed by atoms with Gasteiger partial charge in [-0.05, 0) is 101 Å². The molecule has 1 aliphatic rings. The molecule has 280 valence electrons. The number of nitrogens with one attached hydrogen (secondary N) is 1. The number of rotatable bonds is 8. The summed E-state index contributed by atoms with van der Waals surface area (Å²) in [4.78, 5) is 5.19. The molecule has 0 unspecified atom stereocenters. The lowest BCUT2D eigenvalue weighted by atomic mass is 9.82. The van der Waals surface area contributed by atoms with Gasteiger partial charge >= 0.3 is 0 Å². The Kier molecular flexibility index (Phi) is 9.03. The van der Waals surface area contributed by atoms with Gasteiger partial charge in [-0.2, -0.15) is 0 Å². The summed E-state index contributed by atoms with van der Waals surface area (Å²) >= 11 is 0. The third-order valence-corrected chi connectivity index (χ3v) is 12.0. The quantitative estimate of drug-likeness (QED) is 0.150. The summed E-state index contributed by atoms with van der Waals surface area (Å²) in [5, 5.41) is 13.9. The Morgan fingerprint density at radius 2 is 1.12 bits per heavy atom. The van der Waals surface area contributed by atoms with Crippen molar-refractivity contribution in [1.82, 2.24) is 0 Å². The Bertz CT molecular complexity index is 3130. The van der Waals surface area contributed by atoms with Crippen LogP contribution in [0, 0.1) is 5.41 Å². The van der Waals surface area contributed by atoms with Gasteiger partial charge in [0.25, 0.3) is 0 Å². The first kappa shape index (κ1) is 36.0. The van der Waals surface area contributed by atoms with Crippen LogP contribution >= 0.6 is 0 Å². The second kappa shape index (κ2) is 14.8. The second-order valence-electron chi connectivity index (χ2n) is 15.9. The smallest absolute Gasteiger partial charge is 0.0729 e. The van der Waals surface area contributed by atoms with Crippen molar-refractivity contribution in [2.24, 2.45) is 4.99 Å². The molecule has 0 amide bonds. The van der Waals surface area contributed by atoms with Crippen molar-refractivity contribution in [2.45, 2.75) is 19.3 Å². The average Bonchev–Trinajstić information content (AvgIpc) is 3.53. The molecule has 0 aliphatic heterocycles. The van der Waals surface area contributed by atoms with E-state index in [2.05, 4.69) is 172 Å². The summed E-state index contributed by atoms with van der Waals surface area (Å²) in [7, 11) is 0. The van der Waals surface area contributed by atoms with Gasteiger partial charge in [0.05, 0.1) is 11.4 Å². The topological polar surface area (TPSA) is 36.2 Å². The molecule has 0 saturated carbocycles. The predicted octanol–water partition coefficient (Wildman–Crippen LogP) is 14.8. The van der Waals surface area contributed by atoms with E-state index in [4.69, 9.17) is 10.4 Å². The first-order valence-corrected chi connectivity index (χ1v) is 20.3. The van der Waals surface area contributed by atoms with Crippen LogP contribution in [0.5, 0.6) is 0 Å². The van der Waals surface area contributed by atoms with Crippen LogP contribution in [0.3, 0.4) is 0 Å². The van der Waals surface area contributed by atoms with Gasteiger partial charge in [-0.15, -0.1) is 0 Å². The van der Waals surface area contributed by atoms with Crippen LogP contribution in [-0.2, 0) is 5.41 Å². The van der Waals surface area contributed by atoms with E-state index < -0.39 is 0 Å². The minimum atomic E-state index is -0.0650. The first-order valence-electron chi connectivity index (χ1n) is 20.3. The van der Waals surface area contributed by atoms with Gasteiger partial charge in [0.2, 0.25) is 0 Å². The van der Waals surface area contributed by atoms with Crippen molar-refractivity contribution in [3.63, 3.8) is 0 Å². The largest absolute Gasteiger partial charge is 0.300 e. The molecule has 0 radical (unpaired) electrons. The Hall–Kier alpha value is -7.42. The van der Waals surface area contributed by atoms with E-state index in [9.17, 15) is 0 Å². The van der Waals surface area contributed by atoms with E-state index >= 15 is 0 Å². The summed E-state index contributed by atoms with van der Waals surface area (Å²) in [6.07, 6.45) is 3.85. The maximum absolute atomic E-state index is 9.07. The van der Waals surface area contributed by atoms with Crippen LogP contribution in [0.4, 0.5) is 0 Å². The van der Waals surface area contributed by atoms with Gasteiger partial charge in [0.1, 0.15) is 0 Å². The predicted molar refractivity (Wildman–Crippen MR) is 251 cm³/mol. The molecule has 2 nitrogen and oxygen atoms in total. The van der Waals surface area contributed by atoms with Gasteiger partial charge in [-0.1, -0.05) is 202 Å². The number of nitrogens with zero attached hydrogens (tertiary/aromatic N) is 1. The summed E-state index contributed by atoms with van der Waals surface area (Å²) < 4.78 is 0. The molecular formula is C57H42N2. The molecule has 9 aromatic rings. The Morgan fingerprint density at radius 1 is 0.475 bits per heavy atom. The highest BCUT2D eigenvalue weighted by Gasteiger charge is 2.36. The molecular weight excluding hydrogens is 713 g/mol. The number of hydrogen-bond donors (Lipinski definition) is 1.